The summed E-state index contributed by atoms with van der Waals surface area (Å²) in [5, 5.41) is 5.37. The molecule has 9 heteroatoms. The fourth-order valence-electron chi connectivity index (χ4n) is 3.46. The Bertz CT molecular complexity index is 1180. The summed E-state index contributed by atoms with van der Waals surface area (Å²) < 4.78 is 5.52. The van der Waals surface area contributed by atoms with Crippen molar-refractivity contribution in [2.75, 3.05) is 30.9 Å². The quantitative estimate of drug-likeness (QED) is 0.528. The lowest BCUT2D eigenvalue weighted by atomic mass is 10.0. The molecule has 1 aliphatic rings. The topological polar surface area (TPSA) is 73.9 Å². The Kier molecular flexibility index (Phi) is 6.62. The van der Waals surface area contributed by atoms with E-state index < -0.39 is 12.1 Å². The van der Waals surface area contributed by atoms with Gasteiger partial charge in [-0.2, -0.15) is 0 Å². The van der Waals surface area contributed by atoms with E-state index in [0.717, 1.165) is 11.3 Å². The molecule has 1 unspecified atom stereocenters. The highest BCUT2D eigenvalue weighted by Crippen LogP contribution is 2.32. The summed E-state index contributed by atoms with van der Waals surface area (Å²) in [5.41, 5.74) is 5.66. The van der Waals surface area contributed by atoms with Crippen molar-refractivity contribution in [2.24, 2.45) is 0 Å². The molecule has 7 nitrogen and oxygen atoms in total. The molecule has 0 saturated heterocycles. The standard InChI is InChI=1S/C24H22Cl2N4O3/c1-29(2)17-10-7-15(8-11-17)23-27-20-6-4-3-5-18(20)24(32)30(23)28-22(31)14-33-21-12-9-16(25)13-19(21)26/h3-13,23,27H,14H2,1-2H3,(H,28,31). The highest BCUT2D eigenvalue weighted by atomic mass is 35.5. The number of nitrogens with one attached hydrogen (secondary N) is 2. The zero-order chi connectivity index (χ0) is 23.5. The molecule has 0 aliphatic carbocycles. The number of hydrogen-bond acceptors (Lipinski definition) is 5. The van der Waals surface area contributed by atoms with Crippen molar-refractivity contribution in [1.82, 2.24) is 10.4 Å². The number of carbonyl (C=O) groups excluding carboxylic acids is 2. The number of anilines is 2. The molecule has 0 fully saturated rings. The maximum atomic E-state index is 13.3. The van der Waals surface area contributed by atoms with E-state index in [1.807, 2.05) is 55.4 Å². The second-order valence-electron chi connectivity index (χ2n) is 7.65. The van der Waals surface area contributed by atoms with E-state index in [1.165, 1.54) is 11.1 Å². The fourth-order valence-corrected chi connectivity index (χ4v) is 3.92. The number of ether oxygens (including phenoxy) is 1. The van der Waals surface area contributed by atoms with E-state index in [9.17, 15) is 9.59 Å². The number of para-hydroxylation sites is 1. The van der Waals surface area contributed by atoms with Crippen molar-refractivity contribution in [1.29, 1.82) is 0 Å². The first-order valence-corrected chi connectivity index (χ1v) is 10.9. The average molecular weight is 485 g/mol. The van der Waals surface area contributed by atoms with E-state index in [0.29, 0.717) is 27.0 Å². The van der Waals surface area contributed by atoms with Gasteiger partial charge in [0.2, 0.25) is 0 Å². The Morgan fingerprint density at radius 3 is 2.52 bits per heavy atom. The normalized spacial score (nSPS) is 14.8. The SMILES string of the molecule is CN(C)c1ccc(C2Nc3ccccc3C(=O)N2NC(=O)COc2ccc(Cl)cc2Cl)cc1. The molecule has 33 heavy (non-hydrogen) atoms. The molecule has 170 valence electrons. The Balaban J connectivity index is 1.56. The van der Waals surface area contributed by atoms with Crippen LogP contribution in [0, 0.1) is 0 Å². The van der Waals surface area contributed by atoms with Gasteiger partial charge in [-0.1, -0.05) is 47.5 Å². The van der Waals surface area contributed by atoms with Gasteiger partial charge in [-0.25, -0.2) is 5.01 Å². The molecular formula is C24H22Cl2N4O3. The number of benzene rings is 3. The lowest BCUT2D eigenvalue weighted by Crippen LogP contribution is -2.53. The number of carbonyl (C=O) groups is 2. The molecule has 0 aromatic heterocycles. The van der Waals surface area contributed by atoms with Crippen molar-refractivity contribution >= 4 is 46.4 Å². The second-order valence-corrected chi connectivity index (χ2v) is 8.50. The van der Waals surface area contributed by atoms with Crippen LogP contribution in [0.1, 0.15) is 22.1 Å². The van der Waals surface area contributed by atoms with Gasteiger partial charge in [0.05, 0.1) is 10.6 Å². The fraction of sp³-hybridized carbons (Fsp3) is 0.167. The molecule has 0 saturated carbocycles. The van der Waals surface area contributed by atoms with Crippen molar-refractivity contribution in [3.63, 3.8) is 0 Å². The highest BCUT2D eigenvalue weighted by Gasteiger charge is 2.34. The monoisotopic (exact) mass is 484 g/mol. The van der Waals surface area contributed by atoms with Crippen LogP contribution in [0.25, 0.3) is 0 Å². The van der Waals surface area contributed by atoms with Crippen molar-refractivity contribution < 1.29 is 14.3 Å². The number of hydrogen-bond donors (Lipinski definition) is 2. The van der Waals surface area contributed by atoms with Crippen LogP contribution in [0.15, 0.2) is 66.7 Å². The summed E-state index contributed by atoms with van der Waals surface area (Å²) in [6.07, 6.45) is -0.605. The third-order valence-electron chi connectivity index (χ3n) is 5.15. The third-order valence-corrected chi connectivity index (χ3v) is 5.68. The van der Waals surface area contributed by atoms with Gasteiger partial charge < -0.3 is 15.0 Å². The van der Waals surface area contributed by atoms with Crippen LogP contribution in [0.5, 0.6) is 5.75 Å². The predicted molar refractivity (Wildman–Crippen MR) is 130 cm³/mol. The first kappa shape index (κ1) is 22.8. The van der Waals surface area contributed by atoms with E-state index in [1.54, 1.807) is 24.3 Å². The third kappa shape index (κ3) is 4.99. The number of halogens is 2. The van der Waals surface area contributed by atoms with Crippen LogP contribution in [0.4, 0.5) is 11.4 Å². The molecule has 0 radical (unpaired) electrons. The van der Waals surface area contributed by atoms with Gasteiger partial charge >= 0.3 is 0 Å². The van der Waals surface area contributed by atoms with Crippen LogP contribution in [-0.4, -0.2) is 37.5 Å². The maximum Gasteiger partial charge on any atom is 0.276 e. The summed E-state index contributed by atoms with van der Waals surface area (Å²) >= 11 is 12.0. The molecule has 3 aromatic carbocycles. The minimum atomic E-state index is -0.605. The molecule has 2 amide bonds. The zero-order valence-corrected chi connectivity index (χ0v) is 19.5. The molecule has 2 N–H and O–H groups in total. The molecule has 1 heterocycles. The van der Waals surface area contributed by atoms with Crippen molar-refractivity contribution in [3.8, 4) is 5.75 Å². The molecule has 1 aliphatic heterocycles. The Labute approximate surface area is 201 Å². The van der Waals surface area contributed by atoms with Gasteiger partial charge in [-0.05, 0) is 48.0 Å². The van der Waals surface area contributed by atoms with E-state index in [2.05, 4.69) is 10.7 Å². The maximum absolute atomic E-state index is 13.3. The molecule has 4 rings (SSSR count). The van der Waals surface area contributed by atoms with Crippen LogP contribution in [0.2, 0.25) is 10.0 Å². The number of nitrogens with zero attached hydrogens (tertiary/aromatic N) is 2. The second kappa shape index (κ2) is 9.60. The minimum absolute atomic E-state index is 0.291. The van der Waals surface area contributed by atoms with Crippen LogP contribution >= 0.6 is 23.2 Å². The Morgan fingerprint density at radius 1 is 1.09 bits per heavy atom. The van der Waals surface area contributed by atoms with Crippen molar-refractivity contribution in [3.05, 3.63) is 87.9 Å². The Hall–Kier alpha value is -3.42. The van der Waals surface area contributed by atoms with Gasteiger partial charge in [0.15, 0.2) is 6.61 Å². The molecule has 1 atom stereocenters. The average Bonchev–Trinajstić information content (AvgIpc) is 2.80. The van der Waals surface area contributed by atoms with Crippen LogP contribution < -0.4 is 20.4 Å². The van der Waals surface area contributed by atoms with Crippen LogP contribution in [-0.2, 0) is 4.79 Å². The smallest absolute Gasteiger partial charge is 0.276 e. The summed E-state index contributed by atoms with van der Waals surface area (Å²) in [4.78, 5) is 28.0. The van der Waals surface area contributed by atoms with Gasteiger partial charge in [-0.3, -0.25) is 15.0 Å². The highest BCUT2D eigenvalue weighted by molar-refractivity contribution is 6.35. The van der Waals surface area contributed by atoms with Gasteiger partial charge in [0, 0.05) is 30.5 Å². The first-order valence-electron chi connectivity index (χ1n) is 10.2. The molecule has 3 aromatic rings. The zero-order valence-electron chi connectivity index (χ0n) is 18.0. The van der Waals surface area contributed by atoms with E-state index >= 15 is 0 Å². The van der Waals surface area contributed by atoms with E-state index in [4.69, 9.17) is 27.9 Å². The minimum Gasteiger partial charge on any atom is -0.482 e. The van der Waals surface area contributed by atoms with Gasteiger partial charge in [0.1, 0.15) is 11.9 Å². The van der Waals surface area contributed by atoms with Gasteiger partial charge in [0.25, 0.3) is 11.8 Å². The van der Waals surface area contributed by atoms with E-state index in [-0.39, 0.29) is 12.5 Å². The summed E-state index contributed by atoms with van der Waals surface area (Å²) in [7, 11) is 3.90. The van der Waals surface area contributed by atoms with Crippen molar-refractivity contribution in [2.45, 2.75) is 6.17 Å². The number of rotatable bonds is 6. The summed E-state index contributed by atoms with van der Waals surface area (Å²) in [6, 6.07) is 19.6. The largest absolute Gasteiger partial charge is 0.482 e. The first-order chi connectivity index (χ1) is 15.8. The van der Waals surface area contributed by atoms with Gasteiger partial charge in [-0.15, -0.1) is 0 Å². The number of hydrazine groups is 1. The predicted octanol–water partition coefficient (Wildman–Crippen LogP) is 4.74. The number of fused-ring (bicyclic) bond motifs is 1. The molecule has 0 spiro atoms. The number of amides is 2. The molecular weight excluding hydrogens is 463 g/mol. The van der Waals surface area contributed by atoms with Crippen LogP contribution in [0.3, 0.4) is 0 Å². The lowest BCUT2D eigenvalue weighted by Gasteiger charge is -2.37. The Morgan fingerprint density at radius 2 is 1.82 bits per heavy atom. The summed E-state index contributed by atoms with van der Waals surface area (Å²) in [6.45, 7) is -0.334. The lowest BCUT2D eigenvalue weighted by molar-refractivity contribution is -0.127. The molecule has 0 bridgehead atoms. The summed E-state index contributed by atoms with van der Waals surface area (Å²) in [5.74, 6) is -0.519.